The standard InChI is InChI=1S/C25H22O/c26-25(15-11-19-9-13-21-5-1-3-7-23(21)17-19)16-12-20-10-14-22-6-2-4-8-24(22)18-20/h1-10,13-14,17-18H,11-12,15-16H2. The van der Waals surface area contributed by atoms with Crippen molar-refractivity contribution in [3.05, 3.63) is 96.1 Å². The summed E-state index contributed by atoms with van der Waals surface area (Å²) in [7, 11) is 0. The van der Waals surface area contributed by atoms with Gasteiger partial charge in [0.25, 0.3) is 0 Å². The molecule has 0 radical (unpaired) electrons. The Hall–Kier alpha value is -2.93. The van der Waals surface area contributed by atoms with Gasteiger partial charge >= 0.3 is 0 Å². The first-order valence-electron chi connectivity index (χ1n) is 9.25. The van der Waals surface area contributed by atoms with Crippen LogP contribution < -0.4 is 0 Å². The lowest BCUT2D eigenvalue weighted by molar-refractivity contribution is -0.119. The number of ketones is 1. The van der Waals surface area contributed by atoms with Crippen molar-refractivity contribution in [3.8, 4) is 0 Å². The number of fused-ring (bicyclic) bond motifs is 2. The third-order valence-electron chi connectivity index (χ3n) is 5.01. The number of hydrogen-bond acceptors (Lipinski definition) is 1. The molecule has 0 atom stereocenters. The van der Waals surface area contributed by atoms with Crippen LogP contribution in [0.3, 0.4) is 0 Å². The Kier molecular flexibility index (Phi) is 4.79. The normalized spacial score (nSPS) is 11.1. The molecule has 4 aromatic carbocycles. The molecule has 0 amide bonds. The van der Waals surface area contributed by atoms with Crippen LogP contribution in [0.5, 0.6) is 0 Å². The van der Waals surface area contributed by atoms with E-state index in [0.29, 0.717) is 18.6 Å². The summed E-state index contributed by atoms with van der Waals surface area (Å²) in [6, 6.07) is 29.7. The van der Waals surface area contributed by atoms with E-state index in [-0.39, 0.29) is 0 Å². The van der Waals surface area contributed by atoms with Crippen LogP contribution in [0.2, 0.25) is 0 Å². The predicted molar refractivity (Wildman–Crippen MR) is 110 cm³/mol. The summed E-state index contributed by atoms with van der Waals surface area (Å²) in [6.07, 6.45) is 2.88. The second-order valence-corrected chi connectivity index (χ2v) is 6.90. The van der Waals surface area contributed by atoms with Crippen molar-refractivity contribution in [1.82, 2.24) is 0 Å². The van der Waals surface area contributed by atoms with Gasteiger partial charge in [-0.3, -0.25) is 4.79 Å². The van der Waals surface area contributed by atoms with E-state index in [1.807, 2.05) is 0 Å². The zero-order chi connectivity index (χ0) is 17.8. The van der Waals surface area contributed by atoms with Gasteiger partial charge in [-0.1, -0.05) is 84.9 Å². The fourth-order valence-corrected chi connectivity index (χ4v) is 3.48. The first-order chi connectivity index (χ1) is 12.8. The van der Waals surface area contributed by atoms with Gasteiger partial charge in [0, 0.05) is 12.8 Å². The average Bonchev–Trinajstić information content (AvgIpc) is 2.70. The summed E-state index contributed by atoms with van der Waals surface area (Å²) < 4.78 is 0. The highest BCUT2D eigenvalue weighted by molar-refractivity contribution is 5.84. The Morgan fingerprint density at radius 3 is 1.42 bits per heavy atom. The molecule has 4 aromatic rings. The van der Waals surface area contributed by atoms with Crippen LogP contribution >= 0.6 is 0 Å². The monoisotopic (exact) mass is 338 g/mol. The van der Waals surface area contributed by atoms with Gasteiger partial charge in [-0.2, -0.15) is 0 Å². The molecule has 0 fully saturated rings. The van der Waals surface area contributed by atoms with Crippen LogP contribution in [-0.2, 0) is 17.6 Å². The lowest BCUT2D eigenvalue weighted by Gasteiger charge is -2.05. The second kappa shape index (κ2) is 7.53. The Morgan fingerprint density at radius 1 is 0.538 bits per heavy atom. The highest BCUT2D eigenvalue weighted by atomic mass is 16.1. The number of hydrogen-bond donors (Lipinski definition) is 0. The van der Waals surface area contributed by atoms with Crippen molar-refractivity contribution in [1.29, 1.82) is 0 Å². The van der Waals surface area contributed by atoms with E-state index in [0.717, 1.165) is 12.8 Å². The Morgan fingerprint density at radius 2 is 0.962 bits per heavy atom. The minimum atomic E-state index is 0.339. The number of benzene rings is 4. The van der Waals surface area contributed by atoms with Gasteiger partial charge in [0.15, 0.2) is 0 Å². The van der Waals surface area contributed by atoms with Gasteiger partial charge in [-0.05, 0) is 45.5 Å². The van der Waals surface area contributed by atoms with Gasteiger partial charge in [0.2, 0.25) is 0 Å². The van der Waals surface area contributed by atoms with Crippen molar-refractivity contribution in [2.45, 2.75) is 25.7 Å². The molecular formula is C25H22O. The zero-order valence-electron chi connectivity index (χ0n) is 14.8. The minimum absolute atomic E-state index is 0.339. The van der Waals surface area contributed by atoms with Crippen LogP contribution in [0, 0.1) is 0 Å². The summed E-state index contributed by atoms with van der Waals surface area (Å²) in [5.41, 5.74) is 2.48. The van der Waals surface area contributed by atoms with Crippen molar-refractivity contribution in [2.75, 3.05) is 0 Å². The summed E-state index contributed by atoms with van der Waals surface area (Å²) in [4.78, 5) is 12.3. The highest BCUT2D eigenvalue weighted by Gasteiger charge is 2.05. The van der Waals surface area contributed by atoms with E-state index >= 15 is 0 Å². The van der Waals surface area contributed by atoms with Gasteiger partial charge < -0.3 is 0 Å². The van der Waals surface area contributed by atoms with E-state index < -0.39 is 0 Å². The lowest BCUT2D eigenvalue weighted by atomic mass is 9.99. The summed E-state index contributed by atoms with van der Waals surface area (Å²) in [5, 5.41) is 4.99. The molecule has 0 bridgehead atoms. The van der Waals surface area contributed by atoms with Gasteiger partial charge in [0.1, 0.15) is 5.78 Å². The minimum Gasteiger partial charge on any atom is -0.300 e. The van der Waals surface area contributed by atoms with Crippen LogP contribution in [0.4, 0.5) is 0 Å². The highest BCUT2D eigenvalue weighted by Crippen LogP contribution is 2.18. The Labute approximate surface area is 154 Å². The molecule has 4 rings (SSSR count). The smallest absolute Gasteiger partial charge is 0.133 e. The van der Waals surface area contributed by atoms with E-state index in [2.05, 4.69) is 84.9 Å². The van der Waals surface area contributed by atoms with Crippen molar-refractivity contribution in [2.24, 2.45) is 0 Å². The summed E-state index contributed by atoms with van der Waals surface area (Å²) in [6.45, 7) is 0. The third-order valence-corrected chi connectivity index (χ3v) is 5.01. The third kappa shape index (κ3) is 3.83. The molecule has 0 N–H and O–H groups in total. The molecule has 0 saturated carbocycles. The number of aryl methyl sites for hydroxylation is 2. The van der Waals surface area contributed by atoms with E-state index in [1.54, 1.807) is 0 Å². The quantitative estimate of drug-likeness (QED) is 0.413. The van der Waals surface area contributed by atoms with Crippen molar-refractivity contribution >= 4 is 27.3 Å². The molecule has 0 heterocycles. The van der Waals surface area contributed by atoms with Gasteiger partial charge in [0.05, 0.1) is 0 Å². The number of rotatable bonds is 6. The number of Topliss-reactive ketones (excluding diaryl/α,β-unsaturated/α-hetero) is 1. The van der Waals surface area contributed by atoms with Crippen molar-refractivity contribution < 1.29 is 4.79 Å². The van der Waals surface area contributed by atoms with Crippen LogP contribution in [0.1, 0.15) is 24.0 Å². The molecule has 0 saturated heterocycles. The predicted octanol–water partition coefficient (Wildman–Crippen LogP) is 6.13. The maximum absolute atomic E-state index is 12.3. The largest absolute Gasteiger partial charge is 0.300 e. The molecule has 0 aliphatic carbocycles. The van der Waals surface area contributed by atoms with Crippen LogP contribution in [-0.4, -0.2) is 5.78 Å². The average molecular weight is 338 g/mol. The molecule has 0 aliphatic heterocycles. The molecule has 0 aromatic heterocycles. The van der Waals surface area contributed by atoms with E-state index in [9.17, 15) is 4.79 Å². The molecule has 1 nitrogen and oxygen atoms in total. The molecular weight excluding hydrogens is 316 g/mol. The Bertz CT molecular complexity index is 976. The lowest BCUT2D eigenvalue weighted by Crippen LogP contribution is -2.02. The zero-order valence-corrected chi connectivity index (χ0v) is 14.8. The first kappa shape index (κ1) is 16.5. The fraction of sp³-hybridized carbons (Fsp3) is 0.160. The SMILES string of the molecule is O=C(CCc1ccc2ccccc2c1)CCc1ccc2ccccc2c1. The second-order valence-electron chi connectivity index (χ2n) is 6.90. The molecule has 1 heteroatoms. The molecule has 128 valence electrons. The summed E-state index contributed by atoms with van der Waals surface area (Å²) in [5.74, 6) is 0.339. The molecule has 0 unspecified atom stereocenters. The molecule has 0 spiro atoms. The maximum Gasteiger partial charge on any atom is 0.133 e. The topological polar surface area (TPSA) is 17.1 Å². The molecule has 26 heavy (non-hydrogen) atoms. The Balaban J connectivity index is 1.34. The molecule has 0 aliphatic rings. The summed E-state index contributed by atoms with van der Waals surface area (Å²) >= 11 is 0. The van der Waals surface area contributed by atoms with Crippen LogP contribution in [0.15, 0.2) is 84.9 Å². The number of carbonyl (C=O) groups excluding carboxylic acids is 1. The maximum atomic E-state index is 12.3. The van der Waals surface area contributed by atoms with E-state index in [4.69, 9.17) is 0 Å². The fourth-order valence-electron chi connectivity index (χ4n) is 3.48. The van der Waals surface area contributed by atoms with Gasteiger partial charge in [-0.15, -0.1) is 0 Å². The van der Waals surface area contributed by atoms with Crippen molar-refractivity contribution in [3.63, 3.8) is 0 Å². The van der Waals surface area contributed by atoms with E-state index in [1.165, 1.54) is 32.7 Å². The van der Waals surface area contributed by atoms with Crippen LogP contribution in [0.25, 0.3) is 21.5 Å². The first-order valence-corrected chi connectivity index (χ1v) is 9.25. The van der Waals surface area contributed by atoms with Gasteiger partial charge in [-0.25, -0.2) is 0 Å². The number of carbonyl (C=O) groups is 1.